The quantitative estimate of drug-likeness (QED) is 0.808. The van der Waals surface area contributed by atoms with Gasteiger partial charge in [0.25, 0.3) is 5.91 Å². The molecule has 0 atom stereocenters. The van der Waals surface area contributed by atoms with Crippen LogP contribution in [0.3, 0.4) is 0 Å². The SMILES string of the molecule is N/C(=C\c1ccccc1)C(=O)Nc1ccccc1. The summed E-state index contributed by atoms with van der Waals surface area (Å²) in [6.07, 6.45) is 1.65. The Balaban J connectivity index is 2.08. The van der Waals surface area contributed by atoms with E-state index in [-0.39, 0.29) is 11.6 Å². The van der Waals surface area contributed by atoms with Gasteiger partial charge in [-0.1, -0.05) is 48.5 Å². The number of para-hydroxylation sites is 1. The molecule has 0 unspecified atom stereocenters. The van der Waals surface area contributed by atoms with Crippen molar-refractivity contribution in [2.45, 2.75) is 0 Å². The summed E-state index contributed by atoms with van der Waals surface area (Å²) in [6, 6.07) is 18.7. The molecule has 2 rings (SSSR count). The molecule has 0 aliphatic rings. The molecule has 2 aromatic rings. The Morgan fingerprint density at radius 1 is 0.944 bits per heavy atom. The summed E-state index contributed by atoms with van der Waals surface area (Å²) in [4.78, 5) is 11.8. The summed E-state index contributed by atoms with van der Waals surface area (Å²) in [7, 11) is 0. The largest absolute Gasteiger partial charge is 0.394 e. The number of benzene rings is 2. The van der Waals surface area contributed by atoms with Crippen LogP contribution in [-0.2, 0) is 4.79 Å². The summed E-state index contributed by atoms with van der Waals surface area (Å²) in [5, 5.41) is 2.73. The van der Waals surface area contributed by atoms with Gasteiger partial charge in [0.05, 0.1) is 5.70 Å². The van der Waals surface area contributed by atoms with Gasteiger partial charge in [-0.3, -0.25) is 4.79 Å². The van der Waals surface area contributed by atoms with Crippen LogP contribution in [0.5, 0.6) is 0 Å². The number of amides is 1. The fraction of sp³-hybridized carbons (Fsp3) is 0. The third-order valence-electron chi connectivity index (χ3n) is 2.42. The van der Waals surface area contributed by atoms with Crippen LogP contribution in [0.2, 0.25) is 0 Å². The molecule has 0 aliphatic carbocycles. The number of carbonyl (C=O) groups is 1. The van der Waals surface area contributed by atoms with Crippen molar-refractivity contribution in [1.82, 2.24) is 0 Å². The zero-order valence-electron chi connectivity index (χ0n) is 9.84. The van der Waals surface area contributed by atoms with Crippen molar-refractivity contribution >= 4 is 17.7 Å². The van der Waals surface area contributed by atoms with E-state index in [0.29, 0.717) is 0 Å². The lowest BCUT2D eigenvalue weighted by Crippen LogP contribution is -2.19. The first-order valence-electron chi connectivity index (χ1n) is 5.64. The summed E-state index contributed by atoms with van der Waals surface area (Å²) < 4.78 is 0. The van der Waals surface area contributed by atoms with Crippen LogP contribution in [0.1, 0.15) is 5.56 Å². The maximum Gasteiger partial charge on any atom is 0.271 e. The van der Waals surface area contributed by atoms with Crippen molar-refractivity contribution < 1.29 is 4.79 Å². The maximum atomic E-state index is 11.8. The predicted octanol–water partition coefficient (Wildman–Crippen LogP) is 2.62. The first-order chi connectivity index (χ1) is 8.75. The van der Waals surface area contributed by atoms with Gasteiger partial charge in [0.2, 0.25) is 0 Å². The minimum absolute atomic E-state index is 0.185. The van der Waals surface area contributed by atoms with Crippen LogP contribution in [0.25, 0.3) is 6.08 Å². The van der Waals surface area contributed by atoms with Crippen molar-refractivity contribution in [2.75, 3.05) is 5.32 Å². The number of nitrogens with two attached hydrogens (primary N) is 1. The van der Waals surface area contributed by atoms with Gasteiger partial charge in [-0.05, 0) is 23.8 Å². The third kappa shape index (κ3) is 3.22. The molecule has 0 saturated heterocycles. The van der Waals surface area contributed by atoms with Crippen molar-refractivity contribution in [3.63, 3.8) is 0 Å². The number of hydrogen-bond donors (Lipinski definition) is 2. The predicted molar refractivity (Wildman–Crippen MR) is 73.7 cm³/mol. The van der Waals surface area contributed by atoms with E-state index >= 15 is 0 Å². The molecule has 0 bridgehead atoms. The molecular weight excluding hydrogens is 224 g/mol. The second-order valence-electron chi connectivity index (χ2n) is 3.83. The van der Waals surface area contributed by atoms with E-state index in [1.165, 1.54) is 0 Å². The van der Waals surface area contributed by atoms with E-state index in [1.807, 2.05) is 60.7 Å². The molecule has 0 fully saturated rings. The van der Waals surface area contributed by atoms with Gasteiger partial charge in [-0.15, -0.1) is 0 Å². The Bertz CT molecular complexity index is 547. The minimum atomic E-state index is -0.301. The first kappa shape index (κ1) is 11.9. The van der Waals surface area contributed by atoms with E-state index in [4.69, 9.17) is 5.73 Å². The highest BCUT2D eigenvalue weighted by Crippen LogP contribution is 2.08. The lowest BCUT2D eigenvalue weighted by Gasteiger charge is -2.04. The van der Waals surface area contributed by atoms with Crippen LogP contribution < -0.4 is 11.1 Å². The molecule has 0 radical (unpaired) electrons. The molecule has 1 amide bonds. The van der Waals surface area contributed by atoms with E-state index in [9.17, 15) is 4.79 Å². The summed E-state index contributed by atoms with van der Waals surface area (Å²) in [6.45, 7) is 0. The van der Waals surface area contributed by atoms with E-state index in [2.05, 4.69) is 5.32 Å². The third-order valence-corrected chi connectivity index (χ3v) is 2.42. The van der Waals surface area contributed by atoms with Gasteiger partial charge >= 0.3 is 0 Å². The monoisotopic (exact) mass is 238 g/mol. The highest BCUT2D eigenvalue weighted by Gasteiger charge is 2.05. The first-order valence-corrected chi connectivity index (χ1v) is 5.64. The van der Waals surface area contributed by atoms with Crippen molar-refractivity contribution in [3.8, 4) is 0 Å². The van der Waals surface area contributed by atoms with Crippen LogP contribution >= 0.6 is 0 Å². The molecule has 3 heteroatoms. The lowest BCUT2D eigenvalue weighted by atomic mass is 10.2. The number of rotatable bonds is 3. The Hall–Kier alpha value is -2.55. The van der Waals surface area contributed by atoms with Crippen molar-refractivity contribution in [3.05, 3.63) is 71.9 Å². The topological polar surface area (TPSA) is 55.1 Å². The van der Waals surface area contributed by atoms with Crippen molar-refractivity contribution in [1.29, 1.82) is 0 Å². The molecule has 2 aromatic carbocycles. The Morgan fingerprint density at radius 3 is 2.11 bits per heavy atom. The minimum Gasteiger partial charge on any atom is -0.394 e. The van der Waals surface area contributed by atoms with Gasteiger partial charge in [0.15, 0.2) is 0 Å². The maximum absolute atomic E-state index is 11.8. The fourth-order valence-electron chi connectivity index (χ4n) is 1.52. The second kappa shape index (κ2) is 5.68. The summed E-state index contributed by atoms with van der Waals surface area (Å²) >= 11 is 0. The normalized spacial score (nSPS) is 11.0. The van der Waals surface area contributed by atoms with Gasteiger partial charge in [0.1, 0.15) is 0 Å². The van der Waals surface area contributed by atoms with Gasteiger partial charge in [-0.25, -0.2) is 0 Å². The fourth-order valence-corrected chi connectivity index (χ4v) is 1.52. The van der Waals surface area contributed by atoms with E-state index in [1.54, 1.807) is 6.08 Å². The molecule has 18 heavy (non-hydrogen) atoms. The standard InChI is InChI=1S/C15H14N2O/c16-14(11-12-7-3-1-4-8-12)15(18)17-13-9-5-2-6-10-13/h1-11H,16H2,(H,17,18)/b14-11-. The molecule has 90 valence electrons. The van der Waals surface area contributed by atoms with Crippen LogP contribution in [0, 0.1) is 0 Å². The van der Waals surface area contributed by atoms with Gasteiger partial charge in [-0.2, -0.15) is 0 Å². The zero-order chi connectivity index (χ0) is 12.8. The average molecular weight is 238 g/mol. The zero-order valence-corrected chi connectivity index (χ0v) is 9.84. The molecule has 3 nitrogen and oxygen atoms in total. The Labute approximate surface area is 106 Å². The van der Waals surface area contributed by atoms with E-state index < -0.39 is 0 Å². The second-order valence-corrected chi connectivity index (χ2v) is 3.83. The Morgan fingerprint density at radius 2 is 1.50 bits per heavy atom. The van der Waals surface area contributed by atoms with Crippen LogP contribution in [0.15, 0.2) is 66.4 Å². The number of nitrogens with one attached hydrogen (secondary N) is 1. The summed E-state index contributed by atoms with van der Waals surface area (Å²) in [5.41, 5.74) is 7.56. The Kier molecular flexibility index (Phi) is 3.76. The molecular formula is C15H14N2O. The highest BCUT2D eigenvalue weighted by atomic mass is 16.1. The van der Waals surface area contributed by atoms with Crippen molar-refractivity contribution in [2.24, 2.45) is 5.73 Å². The molecule has 0 aromatic heterocycles. The summed E-state index contributed by atoms with van der Waals surface area (Å²) in [5.74, 6) is -0.301. The van der Waals surface area contributed by atoms with Gasteiger partial charge < -0.3 is 11.1 Å². The molecule has 0 aliphatic heterocycles. The van der Waals surface area contributed by atoms with Gasteiger partial charge in [0, 0.05) is 5.69 Å². The smallest absolute Gasteiger partial charge is 0.271 e. The van der Waals surface area contributed by atoms with E-state index in [0.717, 1.165) is 11.3 Å². The molecule has 0 saturated carbocycles. The number of anilines is 1. The highest BCUT2D eigenvalue weighted by molar-refractivity contribution is 6.05. The van der Waals surface area contributed by atoms with Crippen LogP contribution in [-0.4, -0.2) is 5.91 Å². The lowest BCUT2D eigenvalue weighted by molar-refractivity contribution is -0.112. The molecule has 0 spiro atoms. The molecule has 3 N–H and O–H groups in total. The van der Waals surface area contributed by atoms with Crippen LogP contribution in [0.4, 0.5) is 5.69 Å². The number of carbonyl (C=O) groups excluding carboxylic acids is 1. The number of hydrogen-bond acceptors (Lipinski definition) is 2. The average Bonchev–Trinajstić information content (AvgIpc) is 2.41. The molecule has 0 heterocycles.